The van der Waals surface area contributed by atoms with Crippen LogP contribution < -0.4 is 5.32 Å². The number of rotatable bonds is 5. The molecule has 0 fully saturated rings. The number of benzene rings is 2. The van der Waals surface area contributed by atoms with E-state index in [-0.39, 0.29) is 5.91 Å². The van der Waals surface area contributed by atoms with E-state index in [9.17, 15) is 4.79 Å². The maximum Gasteiger partial charge on any atom is 0.226 e. The molecule has 1 aromatic heterocycles. The van der Waals surface area contributed by atoms with Crippen LogP contribution in [0.1, 0.15) is 6.42 Å². The zero-order chi connectivity index (χ0) is 16.1. The summed E-state index contributed by atoms with van der Waals surface area (Å²) in [4.78, 5) is 16.1. The lowest BCUT2D eigenvalue weighted by molar-refractivity contribution is -0.116. The zero-order valence-corrected chi connectivity index (χ0v) is 13.9. The topological polar surface area (TPSA) is 59.8 Å². The van der Waals surface area contributed by atoms with Gasteiger partial charge in [-0.25, -0.2) is 4.98 Å². The van der Waals surface area contributed by atoms with E-state index in [2.05, 4.69) is 31.3 Å². The number of amides is 1. The van der Waals surface area contributed by atoms with Crippen LogP contribution >= 0.6 is 15.9 Å². The first-order valence-electron chi connectivity index (χ1n) is 7.19. The van der Waals surface area contributed by atoms with Gasteiger partial charge in [0.05, 0.1) is 6.54 Å². The third kappa shape index (κ3) is 4.04. The van der Waals surface area contributed by atoms with E-state index in [0.717, 1.165) is 21.3 Å². The number of carbonyl (C=O) groups excluding carboxylic acids is 1. The Morgan fingerprint density at radius 2 is 2.00 bits per heavy atom. The average molecular weight is 371 g/mol. The molecule has 1 N–H and O–H groups in total. The van der Waals surface area contributed by atoms with E-state index in [1.54, 1.807) is 11.0 Å². The minimum absolute atomic E-state index is 0.0556. The van der Waals surface area contributed by atoms with Crippen molar-refractivity contribution >= 4 is 27.5 Å². The van der Waals surface area contributed by atoms with Gasteiger partial charge in [0, 0.05) is 22.1 Å². The number of anilines is 1. The highest BCUT2D eigenvalue weighted by atomic mass is 79.9. The first kappa shape index (κ1) is 15.4. The Balaban J connectivity index is 1.76. The molecule has 0 saturated carbocycles. The molecule has 0 radical (unpaired) electrons. The summed E-state index contributed by atoms with van der Waals surface area (Å²) in [7, 11) is 0. The second kappa shape index (κ2) is 7.19. The molecule has 3 rings (SSSR count). The van der Waals surface area contributed by atoms with E-state index in [4.69, 9.17) is 0 Å². The summed E-state index contributed by atoms with van der Waals surface area (Å²) in [5, 5.41) is 6.97. The van der Waals surface area contributed by atoms with Crippen LogP contribution in [-0.2, 0) is 11.3 Å². The molecule has 0 saturated heterocycles. The van der Waals surface area contributed by atoms with Gasteiger partial charge in [-0.1, -0.05) is 46.3 Å². The second-order valence-corrected chi connectivity index (χ2v) is 5.93. The van der Waals surface area contributed by atoms with Crippen molar-refractivity contribution < 1.29 is 4.79 Å². The van der Waals surface area contributed by atoms with Gasteiger partial charge in [-0.3, -0.25) is 9.48 Å². The fourth-order valence-corrected chi connectivity index (χ4v) is 2.62. The maximum absolute atomic E-state index is 12.2. The number of nitrogens with zero attached hydrogens (tertiary/aromatic N) is 3. The van der Waals surface area contributed by atoms with Crippen molar-refractivity contribution in [3.8, 4) is 11.1 Å². The number of nitrogens with one attached hydrogen (secondary N) is 1. The molecular formula is C17H15BrN4O. The predicted molar refractivity (Wildman–Crippen MR) is 92.8 cm³/mol. The number of halogens is 1. The van der Waals surface area contributed by atoms with E-state index < -0.39 is 0 Å². The van der Waals surface area contributed by atoms with Crippen molar-refractivity contribution in [3.63, 3.8) is 0 Å². The molecule has 1 amide bonds. The summed E-state index contributed by atoms with van der Waals surface area (Å²) < 4.78 is 2.61. The standard InChI is InChI=1S/C17H15BrN4O/c18-14-6-7-16(15(10-14)13-4-2-1-3-5-13)21-17(23)8-9-22-12-19-11-20-22/h1-7,10-12H,8-9H2,(H,21,23). The highest BCUT2D eigenvalue weighted by Gasteiger charge is 2.09. The molecule has 3 aromatic rings. The van der Waals surface area contributed by atoms with Crippen LogP contribution in [-0.4, -0.2) is 20.7 Å². The van der Waals surface area contributed by atoms with Crippen LogP contribution in [0.4, 0.5) is 5.69 Å². The van der Waals surface area contributed by atoms with Gasteiger partial charge in [0.15, 0.2) is 0 Å². The lowest BCUT2D eigenvalue weighted by Gasteiger charge is -2.12. The van der Waals surface area contributed by atoms with Crippen LogP contribution in [0, 0.1) is 0 Å². The third-order valence-electron chi connectivity index (χ3n) is 3.38. The van der Waals surface area contributed by atoms with Gasteiger partial charge in [-0.2, -0.15) is 5.10 Å². The molecule has 6 heteroatoms. The summed E-state index contributed by atoms with van der Waals surface area (Å²) in [6.45, 7) is 0.503. The number of hydrogen-bond donors (Lipinski definition) is 1. The molecule has 5 nitrogen and oxygen atoms in total. The summed E-state index contributed by atoms with van der Waals surface area (Å²) in [5.41, 5.74) is 2.83. The first-order valence-corrected chi connectivity index (χ1v) is 7.99. The van der Waals surface area contributed by atoms with Gasteiger partial charge in [0.2, 0.25) is 5.91 Å². The second-order valence-electron chi connectivity index (χ2n) is 5.01. The van der Waals surface area contributed by atoms with E-state index in [1.165, 1.54) is 6.33 Å². The summed E-state index contributed by atoms with van der Waals surface area (Å²) >= 11 is 3.49. The van der Waals surface area contributed by atoms with E-state index >= 15 is 0 Å². The Hall–Kier alpha value is -2.47. The zero-order valence-electron chi connectivity index (χ0n) is 12.3. The highest BCUT2D eigenvalue weighted by Crippen LogP contribution is 2.31. The molecule has 2 aromatic carbocycles. The molecule has 1 heterocycles. The lowest BCUT2D eigenvalue weighted by atomic mass is 10.0. The summed E-state index contributed by atoms with van der Waals surface area (Å²) in [6.07, 6.45) is 3.40. The van der Waals surface area contributed by atoms with Crippen LogP contribution in [0.3, 0.4) is 0 Å². The van der Waals surface area contributed by atoms with Crippen LogP contribution in [0.5, 0.6) is 0 Å². The molecule has 23 heavy (non-hydrogen) atoms. The average Bonchev–Trinajstić information content (AvgIpc) is 3.09. The fourth-order valence-electron chi connectivity index (χ4n) is 2.26. The monoisotopic (exact) mass is 370 g/mol. The van der Waals surface area contributed by atoms with Gasteiger partial charge in [0.25, 0.3) is 0 Å². The molecule has 0 unspecified atom stereocenters. The van der Waals surface area contributed by atoms with Crippen LogP contribution in [0.2, 0.25) is 0 Å². The van der Waals surface area contributed by atoms with Crippen molar-refractivity contribution in [2.24, 2.45) is 0 Å². The Kier molecular flexibility index (Phi) is 4.83. The quantitative estimate of drug-likeness (QED) is 0.743. The van der Waals surface area contributed by atoms with Crippen LogP contribution in [0.25, 0.3) is 11.1 Å². The minimum Gasteiger partial charge on any atom is -0.325 e. The van der Waals surface area contributed by atoms with Gasteiger partial charge >= 0.3 is 0 Å². The van der Waals surface area contributed by atoms with Gasteiger partial charge in [-0.05, 0) is 23.8 Å². The van der Waals surface area contributed by atoms with Crippen molar-refractivity contribution in [1.29, 1.82) is 0 Å². The number of aryl methyl sites for hydroxylation is 1. The van der Waals surface area contributed by atoms with E-state index in [1.807, 2.05) is 48.5 Å². The van der Waals surface area contributed by atoms with Gasteiger partial charge < -0.3 is 5.32 Å². The maximum atomic E-state index is 12.2. The Morgan fingerprint density at radius 1 is 1.17 bits per heavy atom. The number of aromatic nitrogens is 3. The molecule has 0 aliphatic rings. The van der Waals surface area contributed by atoms with Crippen molar-refractivity contribution in [3.05, 3.63) is 65.7 Å². The predicted octanol–water partition coefficient (Wildman–Crippen LogP) is 3.74. The molecule has 0 bridgehead atoms. The smallest absolute Gasteiger partial charge is 0.226 e. The van der Waals surface area contributed by atoms with Crippen molar-refractivity contribution in [2.75, 3.05) is 5.32 Å². The van der Waals surface area contributed by atoms with Crippen molar-refractivity contribution in [2.45, 2.75) is 13.0 Å². The third-order valence-corrected chi connectivity index (χ3v) is 3.87. The molecule has 0 aliphatic heterocycles. The largest absolute Gasteiger partial charge is 0.325 e. The first-order chi connectivity index (χ1) is 11.2. The molecule has 0 aliphatic carbocycles. The van der Waals surface area contributed by atoms with Crippen molar-refractivity contribution in [1.82, 2.24) is 14.8 Å². The van der Waals surface area contributed by atoms with Gasteiger partial charge in [0.1, 0.15) is 12.7 Å². The minimum atomic E-state index is -0.0556. The number of carbonyl (C=O) groups is 1. The number of hydrogen-bond acceptors (Lipinski definition) is 3. The highest BCUT2D eigenvalue weighted by molar-refractivity contribution is 9.10. The lowest BCUT2D eigenvalue weighted by Crippen LogP contribution is -2.15. The van der Waals surface area contributed by atoms with Crippen LogP contribution in [0.15, 0.2) is 65.7 Å². The normalized spacial score (nSPS) is 10.5. The Morgan fingerprint density at radius 3 is 2.74 bits per heavy atom. The van der Waals surface area contributed by atoms with E-state index in [0.29, 0.717) is 13.0 Å². The molecular weight excluding hydrogens is 356 g/mol. The molecule has 0 spiro atoms. The SMILES string of the molecule is O=C(CCn1cncn1)Nc1ccc(Br)cc1-c1ccccc1. The fraction of sp³-hybridized carbons (Fsp3) is 0.118. The summed E-state index contributed by atoms with van der Waals surface area (Å²) in [5.74, 6) is -0.0556. The molecule has 0 atom stereocenters. The van der Waals surface area contributed by atoms with Gasteiger partial charge in [-0.15, -0.1) is 0 Å². The molecule has 116 valence electrons. The Bertz CT molecular complexity index is 788. The summed E-state index contributed by atoms with van der Waals surface area (Å²) in [6, 6.07) is 15.8. The Labute approximate surface area is 142 Å².